The van der Waals surface area contributed by atoms with Gasteiger partial charge in [-0.1, -0.05) is 20.8 Å². The summed E-state index contributed by atoms with van der Waals surface area (Å²) in [4.78, 5) is 17.0. The minimum absolute atomic E-state index is 0.0133. The van der Waals surface area contributed by atoms with E-state index >= 15 is 0 Å². The molecule has 3 rings (SSSR count). The molecule has 1 aliphatic carbocycles. The van der Waals surface area contributed by atoms with Gasteiger partial charge in [-0.3, -0.25) is 9.78 Å². The third-order valence-corrected chi connectivity index (χ3v) is 4.99. The van der Waals surface area contributed by atoms with Crippen LogP contribution in [0.2, 0.25) is 0 Å². The summed E-state index contributed by atoms with van der Waals surface area (Å²) >= 11 is 0. The van der Waals surface area contributed by atoms with Crippen molar-refractivity contribution in [2.24, 2.45) is 5.41 Å². The van der Waals surface area contributed by atoms with E-state index in [2.05, 4.69) is 58.1 Å². The van der Waals surface area contributed by atoms with Crippen LogP contribution in [-0.4, -0.2) is 10.9 Å². The molecular formula is C23H30N2O. The van der Waals surface area contributed by atoms with Gasteiger partial charge in [0, 0.05) is 29.6 Å². The molecule has 1 aromatic heterocycles. The van der Waals surface area contributed by atoms with Crippen molar-refractivity contribution < 1.29 is 4.79 Å². The lowest BCUT2D eigenvalue weighted by Crippen LogP contribution is -2.20. The Hall–Kier alpha value is -2.16. The molecule has 0 saturated heterocycles. The Morgan fingerprint density at radius 3 is 2.35 bits per heavy atom. The first-order valence-corrected chi connectivity index (χ1v) is 9.62. The predicted molar refractivity (Wildman–Crippen MR) is 108 cm³/mol. The number of aromatic nitrogens is 1. The zero-order valence-electron chi connectivity index (χ0n) is 16.7. The smallest absolute Gasteiger partial charge is 0.224 e. The number of carbonyl (C=O) groups is 1. The summed E-state index contributed by atoms with van der Waals surface area (Å²) in [5.74, 6) is 0.0758. The monoisotopic (exact) mass is 350 g/mol. The number of hydrogen-bond donors (Lipinski definition) is 1. The quantitative estimate of drug-likeness (QED) is 0.780. The third-order valence-electron chi connectivity index (χ3n) is 4.99. The molecule has 2 aromatic rings. The molecule has 1 amide bonds. The fourth-order valence-corrected chi connectivity index (χ4v) is 3.74. The molecule has 0 radical (unpaired) electrons. The van der Waals surface area contributed by atoms with Crippen LogP contribution in [0.5, 0.6) is 0 Å². The number of aryl methyl sites for hydroxylation is 4. The Balaban J connectivity index is 1.86. The normalized spacial score (nSPS) is 14.0. The first-order valence-electron chi connectivity index (χ1n) is 9.62. The van der Waals surface area contributed by atoms with Gasteiger partial charge in [0.1, 0.15) is 0 Å². The van der Waals surface area contributed by atoms with Crippen LogP contribution in [-0.2, 0) is 17.6 Å². The van der Waals surface area contributed by atoms with Crippen molar-refractivity contribution in [1.29, 1.82) is 0 Å². The van der Waals surface area contributed by atoms with Crippen molar-refractivity contribution in [2.45, 2.75) is 66.7 Å². The number of pyridine rings is 1. The molecule has 0 unspecified atom stereocenters. The molecule has 1 aromatic carbocycles. The average molecular weight is 351 g/mol. The molecule has 0 saturated carbocycles. The number of amides is 1. The highest BCUT2D eigenvalue weighted by molar-refractivity contribution is 5.93. The van der Waals surface area contributed by atoms with Crippen LogP contribution in [0.4, 0.5) is 5.69 Å². The van der Waals surface area contributed by atoms with Gasteiger partial charge in [-0.15, -0.1) is 0 Å². The van der Waals surface area contributed by atoms with Crippen LogP contribution < -0.4 is 5.32 Å². The summed E-state index contributed by atoms with van der Waals surface area (Å²) < 4.78 is 0. The summed E-state index contributed by atoms with van der Waals surface area (Å²) in [6.07, 6.45) is 7.26. The predicted octanol–water partition coefficient (Wildman–Crippen LogP) is 5.62. The van der Waals surface area contributed by atoms with E-state index in [1.165, 1.54) is 35.2 Å². The topological polar surface area (TPSA) is 42.0 Å². The average Bonchev–Trinajstić information content (AvgIpc) is 2.56. The summed E-state index contributed by atoms with van der Waals surface area (Å²) in [6.45, 7) is 10.4. The third kappa shape index (κ3) is 4.32. The van der Waals surface area contributed by atoms with Gasteiger partial charge in [0.25, 0.3) is 0 Å². The Labute approximate surface area is 157 Å². The van der Waals surface area contributed by atoms with E-state index < -0.39 is 0 Å². The van der Waals surface area contributed by atoms with Crippen molar-refractivity contribution >= 4 is 11.6 Å². The van der Waals surface area contributed by atoms with Crippen molar-refractivity contribution in [1.82, 2.24) is 4.98 Å². The number of anilines is 1. The minimum atomic E-state index is -0.0133. The number of hydrogen-bond acceptors (Lipinski definition) is 2. The lowest BCUT2D eigenvalue weighted by molar-refractivity contribution is -0.117. The van der Waals surface area contributed by atoms with Crippen LogP contribution >= 0.6 is 0 Å². The van der Waals surface area contributed by atoms with Gasteiger partial charge in [0.05, 0.1) is 0 Å². The Bertz CT molecular complexity index is 808. The summed E-state index contributed by atoms with van der Waals surface area (Å²) in [5.41, 5.74) is 8.12. The maximum Gasteiger partial charge on any atom is 0.224 e. The summed E-state index contributed by atoms with van der Waals surface area (Å²) in [7, 11) is 0. The second kappa shape index (κ2) is 7.22. The van der Waals surface area contributed by atoms with Crippen LogP contribution in [0, 0.1) is 19.3 Å². The van der Waals surface area contributed by atoms with Crippen molar-refractivity contribution in [3.63, 3.8) is 0 Å². The minimum Gasteiger partial charge on any atom is -0.326 e. The van der Waals surface area contributed by atoms with Gasteiger partial charge in [-0.25, -0.2) is 0 Å². The summed E-state index contributed by atoms with van der Waals surface area (Å²) in [6, 6.07) is 6.62. The van der Waals surface area contributed by atoms with E-state index in [4.69, 9.17) is 4.98 Å². The van der Waals surface area contributed by atoms with Crippen LogP contribution in [0.25, 0.3) is 11.1 Å². The molecule has 138 valence electrons. The maximum atomic E-state index is 12.3. The molecule has 1 heterocycles. The Morgan fingerprint density at radius 2 is 1.69 bits per heavy atom. The van der Waals surface area contributed by atoms with Crippen molar-refractivity contribution in [3.8, 4) is 11.1 Å². The van der Waals surface area contributed by atoms with E-state index in [0.717, 1.165) is 29.7 Å². The second-order valence-electron chi connectivity index (χ2n) is 8.81. The second-order valence-corrected chi connectivity index (χ2v) is 8.81. The van der Waals surface area contributed by atoms with Crippen molar-refractivity contribution in [3.05, 3.63) is 46.8 Å². The highest BCUT2D eigenvalue weighted by atomic mass is 16.1. The van der Waals surface area contributed by atoms with Gasteiger partial charge in [-0.05, 0) is 85.4 Å². The molecule has 3 nitrogen and oxygen atoms in total. The lowest BCUT2D eigenvalue weighted by Gasteiger charge is -2.20. The molecule has 0 bridgehead atoms. The molecular weight excluding hydrogens is 320 g/mol. The van der Waals surface area contributed by atoms with Crippen LogP contribution in [0.1, 0.15) is 62.4 Å². The molecule has 0 fully saturated rings. The Morgan fingerprint density at radius 1 is 1.04 bits per heavy atom. The lowest BCUT2D eigenvalue weighted by atomic mass is 9.91. The zero-order chi connectivity index (χ0) is 18.9. The standard InChI is InChI=1S/C23H30N2O/c1-15-10-18(19-12-17-8-6-7-9-20(17)24-14-19)11-16(2)22(15)25-21(26)13-23(3,4)5/h10-12,14H,6-9,13H2,1-5H3,(H,25,26). The molecule has 0 atom stereocenters. The van der Waals surface area contributed by atoms with Gasteiger partial charge in [-0.2, -0.15) is 0 Å². The van der Waals surface area contributed by atoms with Gasteiger partial charge in [0.15, 0.2) is 0 Å². The molecule has 1 aliphatic rings. The Kier molecular flexibility index (Phi) is 5.17. The summed E-state index contributed by atoms with van der Waals surface area (Å²) in [5, 5.41) is 3.11. The fourth-order valence-electron chi connectivity index (χ4n) is 3.74. The van der Waals surface area contributed by atoms with E-state index in [0.29, 0.717) is 6.42 Å². The highest BCUT2D eigenvalue weighted by Gasteiger charge is 2.18. The fraction of sp³-hybridized carbons (Fsp3) is 0.478. The molecule has 0 aliphatic heterocycles. The molecule has 3 heteroatoms. The molecule has 1 N–H and O–H groups in total. The zero-order valence-corrected chi connectivity index (χ0v) is 16.7. The van der Waals surface area contributed by atoms with E-state index in [-0.39, 0.29) is 11.3 Å². The molecule has 26 heavy (non-hydrogen) atoms. The molecule has 0 spiro atoms. The number of nitrogens with zero attached hydrogens (tertiary/aromatic N) is 1. The number of carbonyl (C=O) groups excluding carboxylic acids is 1. The van der Waals surface area contributed by atoms with Crippen LogP contribution in [0.15, 0.2) is 24.4 Å². The first kappa shape index (κ1) is 18.6. The van der Waals surface area contributed by atoms with E-state index in [1.54, 1.807) is 0 Å². The SMILES string of the molecule is Cc1cc(-c2cnc3c(c2)CCCC3)cc(C)c1NC(=O)CC(C)(C)C. The number of rotatable bonds is 3. The van der Waals surface area contributed by atoms with Crippen molar-refractivity contribution in [2.75, 3.05) is 5.32 Å². The number of nitrogens with one attached hydrogen (secondary N) is 1. The number of benzene rings is 1. The first-order chi connectivity index (χ1) is 12.2. The van der Waals surface area contributed by atoms with Gasteiger partial charge >= 0.3 is 0 Å². The van der Waals surface area contributed by atoms with E-state index in [1.807, 2.05) is 6.20 Å². The van der Waals surface area contributed by atoms with Gasteiger partial charge in [0.2, 0.25) is 5.91 Å². The van der Waals surface area contributed by atoms with E-state index in [9.17, 15) is 4.79 Å². The highest BCUT2D eigenvalue weighted by Crippen LogP contribution is 2.31. The maximum absolute atomic E-state index is 12.3. The number of fused-ring (bicyclic) bond motifs is 1. The van der Waals surface area contributed by atoms with Crippen LogP contribution in [0.3, 0.4) is 0 Å². The largest absolute Gasteiger partial charge is 0.326 e. The van der Waals surface area contributed by atoms with Gasteiger partial charge < -0.3 is 5.32 Å².